The highest BCUT2D eigenvalue weighted by Gasteiger charge is 2.37. The first-order valence-electron chi connectivity index (χ1n) is 8.67. The van der Waals surface area contributed by atoms with Crippen LogP contribution in [0.25, 0.3) is 10.2 Å². The van der Waals surface area contributed by atoms with E-state index in [1.165, 1.54) is 17.5 Å². The summed E-state index contributed by atoms with van der Waals surface area (Å²) in [5.41, 5.74) is 1.08. The van der Waals surface area contributed by atoms with Gasteiger partial charge in [-0.05, 0) is 50.8 Å². The van der Waals surface area contributed by atoms with Crippen LogP contribution in [0.4, 0.5) is 0 Å². The van der Waals surface area contributed by atoms with Crippen LogP contribution in [0, 0.1) is 0 Å². The van der Waals surface area contributed by atoms with Crippen LogP contribution in [-0.4, -0.2) is 41.0 Å². The molecule has 3 heterocycles. The molecule has 0 radical (unpaired) electrons. The van der Waals surface area contributed by atoms with Gasteiger partial charge in [0.25, 0.3) is 0 Å². The van der Waals surface area contributed by atoms with Crippen molar-refractivity contribution in [1.29, 1.82) is 0 Å². The molecule has 1 N–H and O–H groups in total. The normalized spacial score (nSPS) is 24.1. The standard InChI is InChI=1S/C18H23N3OS/c22-18(21-13-8-9-14(21)12-19-11-10-13)7-3-6-17-20-15-4-1-2-5-16(15)23-17/h1-2,4-5,13-14,19H,3,6-12H2. The molecule has 0 spiro atoms. The molecular formula is C18H23N3OS. The summed E-state index contributed by atoms with van der Waals surface area (Å²) in [7, 11) is 0. The molecule has 4 rings (SSSR count). The zero-order chi connectivity index (χ0) is 15.6. The van der Waals surface area contributed by atoms with Crippen molar-refractivity contribution in [3.63, 3.8) is 0 Å². The molecule has 0 saturated carbocycles. The summed E-state index contributed by atoms with van der Waals surface area (Å²) in [6.45, 7) is 2.02. The Labute approximate surface area is 140 Å². The van der Waals surface area contributed by atoms with E-state index in [1.807, 2.05) is 6.07 Å². The van der Waals surface area contributed by atoms with E-state index in [4.69, 9.17) is 0 Å². The number of aromatic nitrogens is 1. The van der Waals surface area contributed by atoms with E-state index in [2.05, 4.69) is 33.4 Å². The van der Waals surface area contributed by atoms with E-state index in [9.17, 15) is 4.79 Å². The minimum atomic E-state index is 0.349. The number of nitrogens with one attached hydrogen (secondary N) is 1. The first-order chi connectivity index (χ1) is 11.3. The first-order valence-corrected chi connectivity index (χ1v) is 9.49. The minimum absolute atomic E-state index is 0.349. The predicted molar refractivity (Wildman–Crippen MR) is 93.7 cm³/mol. The van der Waals surface area contributed by atoms with Gasteiger partial charge in [0.2, 0.25) is 5.91 Å². The number of benzene rings is 1. The fraction of sp³-hybridized carbons (Fsp3) is 0.556. The number of amides is 1. The summed E-state index contributed by atoms with van der Waals surface area (Å²) in [5, 5.41) is 4.61. The number of hydrogen-bond acceptors (Lipinski definition) is 4. The molecule has 2 bridgehead atoms. The lowest BCUT2D eigenvalue weighted by atomic mass is 10.1. The molecule has 0 aliphatic carbocycles. The van der Waals surface area contributed by atoms with Crippen LogP contribution in [0.2, 0.25) is 0 Å². The maximum atomic E-state index is 12.7. The van der Waals surface area contributed by atoms with Gasteiger partial charge in [-0.3, -0.25) is 4.79 Å². The van der Waals surface area contributed by atoms with Crippen molar-refractivity contribution in [2.24, 2.45) is 0 Å². The highest BCUT2D eigenvalue weighted by Crippen LogP contribution is 2.29. The largest absolute Gasteiger partial charge is 0.335 e. The maximum absolute atomic E-state index is 12.7. The van der Waals surface area contributed by atoms with Crippen LogP contribution in [0.1, 0.15) is 37.1 Å². The third-order valence-electron chi connectivity index (χ3n) is 5.06. The van der Waals surface area contributed by atoms with Gasteiger partial charge in [0.1, 0.15) is 0 Å². The van der Waals surface area contributed by atoms with E-state index in [0.717, 1.165) is 42.9 Å². The average Bonchev–Trinajstić information content (AvgIpc) is 3.06. The highest BCUT2D eigenvalue weighted by molar-refractivity contribution is 7.18. The van der Waals surface area contributed by atoms with E-state index < -0.39 is 0 Å². The molecule has 1 amide bonds. The van der Waals surface area contributed by atoms with Gasteiger partial charge < -0.3 is 10.2 Å². The highest BCUT2D eigenvalue weighted by atomic mass is 32.1. The molecule has 2 aliphatic heterocycles. The lowest BCUT2D eigenvalue weighted by molar-refractivity contribution is -0.133. The predicted octanol–water partition coefficient (Wildman–Crippen LogP) is 2.97. The van der Waals surface area contributed by atoms with Gasteiger partial charge in [-0.25, -0.2) is 4.98 Å². The summed E-state index contributed by atoms with van der Waals surface area (Å²) in [4.78, 5) is 19.5. The van der Waals surface area contributed by atoms with Crippen LogP contribution < -0.4 is 5.32 Å². The monoisotopic (exact) mass is 329 g/mol. The number of aryl methyl sites for hydroxylation is 1. The number of carbonyl (C=O) groups is 1. The van der Waals surface area contributed by atoms with Crippen LogP contribution in [0.3, 0.4) is 0 Å². The van der Waals surface area contributed by atoms with Crippen molar-refractivity contribution in [3.05, 3.63) is 29.3 Å². The number of rotatable bonds is 4. The summed E-state index contributed by atoms with van der Waals surface area (Å²) in [5.74, 6) is 0.349. The molecule has 2 fully saturated rings. The maximum Gasteiger partial charge on any atom is 0.223 e. The summed E-state index contributed by atoms with van der Waals surface area (Å²) >= 11 is 1.76. The molecule has 4 nitrogen and oxygen atoms in total. The Morgan fingerprint density at radius 3 is 3.04 bits per heavy atom. The number of fused-ring (bicyclic) bond motifs is 3. The van der Waals surface area contributed by atoms with E-state index in [1.54, 1.807) is 11.3 Å². The number of nitrogens with zero attached hydrogens (tertiary/aromatic N) is 2. The van der Waals surface area contributed by atoms with Crippen LogP contribution in [0.5, 0.6) is 0 Å². The molecule has 1 aromatic heterocycles. The second kappa shape index (κ2) is 6.57. The van der Waals surface area contributed by atoms with Gasteiger partial charge in [0.05, 0.1) is 15.2 Å². The van der Waals surface area contributed by atoms with Gasteiger partial charge >= 0.3 is 0 Å². The van der Waals surface area contributed by atoms with Crippen LogP contribution in [-0.2, 0) is 11.2 Å². The van der Waals surface area contributed by atoms with Gasteiger partial charge in [-0.1, -0.05) is 12.1 Å². The summed E-state index contributed by atoms with van der Waals surface area (Å²) in [6.07, 6.45) is 5.94. The molecule has 2 aliphatic rings. The molecule has 2 aromatic rings. The topological polar surface area (TPSA) is 45.2 Å². The van der Waals surface area contributed by atoms with Crippen molar-refractivity contribution in [2.75, 3.05) is 13.1 Å². The zero-order valence-electron chi connectivity index (χ0n) is 13.3. The molecule has 5 heteroatoms. The Bertz CT molecular complexity index is 651. The Kier molecular flexibility index (Phi) is 4.31. The second-order valence-electron chi connectivity index (χ2n) is 6.61. The molecule has 2 saturated heterocycles. The smallest absolute Gasteiger partial charge is 0.223 e. The third-order valence-corrected chi connectivity index (χ3v) is 6.16. The van der Waals surface area contributed by atoms with Gasteiger partial charge in [0.15, 0.2) is 0 Å². The Balaban J connectivity index is 1.34. The lowest BCUT2D eigenvalue weighted by Crippen LogP contribution is -2.42. The number of carbonyl (C=O) groups excluding carboxylic acids is 1. The molecule has 2 atom stereocenters. The molecule has 2 unspecified atom stereocenters. The number of para-hydroxylation sites is 1. The second-order valence-corrected chi connectivity index (χ2v) is 7.72. The van der Waals surface area contributed by atoms with Gasteiger partial charge in [0, 0.05) is 25.0 Å². The van der Waals surface area contributed by atoms with Crippen LogP contribution >= 0.6 is 11.3 Å². The van der Waals surface area contributed by atoms with Crippen molar-refractivity contribution in [1.82, 2.24) is 15.2 Å². The Hall–Kier alpha value is -1.46. The van der Waals surface area contributed by atoms with Crippen molar-refractivity contribution in [2.45, 2.75) is 50.6 Å². The Morgan fingerprint density at radius 2 is 2.13 bits per heavy atom. The number of hydrogen-bond donors (Lipinski definition) is 1. The number of thiazole rings is 1. The van der Waals surface area contributed by atoms with Gasteiger partial charge in [-0.15, -0.1) is 11.3 Å². The summed E-state index contributed by atoms with van der Waals surface area (Å²) < 4.78 is 1.24. The quantitative estimate of drug-likeness (QED) is 0.938. The average molecular weight is 329 g/mol. The van der Waals surface area contributed by atoms with Crippen molar-refractivity contribution in [3.8, 4) is 0 Å². The summed E-state index contributed by atoms with van der Waals surface area (Å²) in [6, 6.07) is 9.16. The van der Waals surface area contributed by atoms with E-state index in [0.29, 0.717) is 24.4 Å². The fourth-order valence-electron chi connectivity index (χ4n) is 3.94. The molecule has 122 valence electrons. The molecular weight excluding hydrogens is 306 g/mol. The zero-order valence-corrected chi connectivity index (χ0v) is 14.1. The lowest BCUT2D eigenvalue weighted by Gasteiger charge is -2.28. The van der Waals surface area contributed by atoms with Gasteiger partial charge in [-0.2, -0.15) is 0 Å². The SMILES string of the molecule is O=C(CCCc1nc2ccccc2s1)N1C2CCNCC1CC2. The third kappa shape index (κ3) is 3.12. The Morgan fingerprint density at radius 1 is 1.26 bits per heavy atom. The fourth-order valence-corrected chi connectivity index (χ4v) is 4.95. The van der Waals surface area contributed by atoms with Crippen LogP contribution in [0.15, 0.2) is 24.3 Å². The molecule has 1 aromatic carbocycles. The van der Waals surface area contributed by atoms with Crippen molar-refractivity contribution >= 4 is 27.5 Å². The molecule has 23 heavy (non-hydrogen) atoms. The van der Waals surface area contributed by atoms with E-state index >= 15 is 0 Å². The van der Waals surface area contributed by atoms with E-state index in [-0.39, 0.29) is 0 Å². The van der Waals surface area contributed by atoms with Crippen molar-refractivity contribution < 1.29 is 4.79 Å². The first kappa shape index (κ1) is 15.1. The minimum Gasteiger partial charge on any atom is -0.335 e.